The van der Waals surface area contributed by atoms with Gasteiger partial charge in [-0.3, -0.25) is 4.72 Å². The molecule has 1 aromatic carbocycles. The normalized spacial score (nSPS) is 17.8. The lowest BCUT2D eigenvalue weighted by molar-refractivity contribution is 0.382. The first-order valence-electron chi connectivity index (χ1n) is 11.4. The highest BCUT2D eigenvalue weighted by molar-refractivity contribution is 7.92. The van der Waals surface area contributed by atoms with Gasteiger partial charge in [0.1, 0.15) is 11.5 Å². The SMILES string of the molecule is O=c1oc2c(c(O)c1C(c1cccc(NS(=O)(=O)CCCCl)c1)C1CC1)CCCCCC2. The van der Waals surface area contributed by atoms with Crippen LogP contribution in [-0.4, -0.2) is 25.2 Å². The van der Waals surface area contributed by atoms with Gasteiger partial charge in [0.25, 0.3) is 0 Å². The molecule has 2 aromatic rings. The summed E-state index contributed by atoms with van der Waals surface area (Å²) in [4.78, 5) is 13.0. The summed E-state index contributed by atoms with van der Waals surface area (Å²) in [6, 6.07) is 7.11. The maximum atomic E-state index is 13.0. The molecule has 0 spiro atoms. The van der Waals surface area contributed by atoms with Crippen molar-refractivity contribution in [2.45, 2.75) is 63.7 Å². The molecule has 0 radical (unpaired) electrons. The van der Waals surface area contributed by atoms with E-state index < -0.39 is 15.6 Å². The maximum absolute atomic E-state index is 13.0. The highest BCUT2D eigenvalue weighted by Crippen LogP contribution is 2.49. The van der Waals surface area contributed by atoms with Gasteiger partial charge in [0, 0.05) is 29.5 Å². The predicted octanol–water partition coefficient (Wildman–Crippen LogP) is 4.92. The van der Waals surface area contributed by atoms with Crippen molar-refractivity contribution in [2.24, 2.45) is 5.92 Å². The van der Waals surface area contributed by atoms with Crippen molar-refractivity contribution < 1.29 is 17.9 Å². The summed E-state index contributed by atoms with van der Waals surface area (Å²) in [7, 11) is -3.51. The van der Waals surface area contributed by atoms with Gasteiger partial charge in [-0.05, 0) is 62.1 Å². The van der Waals surface area contributed by atoms with E-state index in [1.165, 1.54) is 0 Å². The van der Waals surface area contributed by atoms with E-state index in [9.17, 15) is 18.3 Å². The van der Waals surface area contributed by atoms with Crippen LogP contribution in [0.5, 0.6) is 5.75 Å². The number of nitrogens with one attached hydrogen (secondary N) is 1. The van der Waals surface area contributed by atoms with Crippen molar-refractivity contribution >= 4 is 27.3 Å². The number of benzene rings is 1. The zero-order valence-electron chi connectivity index (χ0n) is 18.1. The van der Waals surface area contributed by atoms with Gasteiger partial charge < -0.3 is 9.52 Å². The molecule has 1 saturated carbocycles. The van der Waals surface area contributed by atoms with E-state index in [0.717, 1.165) is 49.7 Å². The molecule has 8 heteroatoms. The Morgan fingerprint density at radius 2 is 1.91 bits per heavy atom. The number of alkyl halides is 1. The quantitative estimate of drug-likeness (QED) is 0.524. The molecule has 2 N–H and O–H groups in total. The van der Waals surface area contributed by atoms with Gasteiger partial charge in [-0.2, -0.15) is 0 Å². The fourth-order valence-electron chi connectivity index (χ4n) is 4.67. The van der Waals surface area contributed by atoms with Gasteiger partial charge in [-0.25, -0.2) is 13.2 Å². The molecular weight excluding hydrogens is 450 g/mol. The van der Waals surface area contributed by atoms with Crippen molar-refractivity contribution in [3.05, 3.63) is 57.1 Å². The molecule has 1 fully saturated rings. The van der Waals surface area contributed by atoms with Crippen molar-refractivity contribution in [2.75, 3.05) is 16.4 Å². The van der Waals surface area contributed by atoms with Crippen LogP contribution in [0.25, 0.3) is 0 Å². The standard InChI is InChI=1S/C24H30ClNO5S/c25-13-6-14-32(29,30)26-18-8-5-7-17(15-18)21(16-11-12-16)22-23(27)19-9-3-1-2-4-10-20(19)31-24(22)28/h5,7-8,15-16,21,26-27H,1-4,6,9-14H2. The van der Waals surface area contributed by atoms with Crippen LogP contribution in [0.1, 0.15) is 73.3 Å². The van der Waals surface area contributed by atoms with Crippen molar-refractivity contribution in [3.63, 3.8) is 0 Å². The Balaban J connectivity index is 1.71. The number of halogens is 1. The molecule has 2 aliphatic carbocycles. The van der Waals surface area contributed by atoms with Crippen LogP contribution < -0.4 is 10.3 Å². The Morgan fingerprint density at radius 1 is 1.16 bits per heavy atom. The molecule has 1 atom stereocenters. The molecule has 1 aromatic heterocycles. The van der Waals surface area contributed by atoms with Gasteiger partial charge >= 0.3 is 5.63 Å². The first-order valence-corrected chi connectivity index (χ1v) is 13.6. The number of fused-ring (bicyclic) bond motifs is 1. The van der Waals surface area contributed by atoms with E-state index in [-0.39, 0.29) is 29.2 Å². The highest BCUT2D eigenvalue weighted by Gasteiger charge is 2.38. The summed E-state index contributed by atoms with van der Waals surface area (Å²) in [6.07, 6.45) is 7.76. The van der Waals surface area contributed by atoms with Crippen LogP contribution in [0.3, 0.4) is 0 Å². The molecule has 32 heavy (non-hydrogen) atoms. The Hall–Kier alpha value is -1.99. The van der Waals surface area contributed by atoms with Crippen LogP contribution in [0.4, 0.5) is 5.69 Å². The monoisotopic (exact) mass is 479 g/mol. The summed E-state index contributed by atoms with van der Waals surface area (Å²) in [6.45, 7) is 0. The van der Waals surface area contributed by atoms with Crippen LogP contribution in [0.2, 0.25) is 0 Å². The van der Waals surface area contributed by atoms with Gasteiger partial charge in [0.2, 0.25) is 10.0 Å². The maximum Gasteiger partial charge on any atom is 0.343 e. The lowest BCUT2D eigenvalue weighted by Gasteiger charge is -2.22. The second-order valence-electron chi connectivity index (χ2n) is 8.87. The van der Waals surface area contributed by atoms with Crippen molar-refractivity contribution in [1.82, 2.24) is 0 Å². The summed E-state index contributed by atoms with van der Waals surface area (Å²) >= 11 is 5.63. The molecule has 0 amide bonds. The zero-order chi connectivity index (χ0) is 22.7. The van der Waals surface area contributed by atoms with Gasteiger partial charge in [0.05, 0.1) is 11.3 Å². The third-order valence-corrected chi connectivity index (χ3v) is 8.00. The number of aromatic hydroxyl groups is 1. The average Bonchev–Trinajstić information content (AvgIpc) is 3.56. The molecule has 174 valence electrons. The molecule has 2 aliphatic rings. The number of rotatable bonds is 8. The Labute approximate surface area is 194 Å². The Bertz CT molecular complexity index is 1120. The minimum atomic E-state index is -3.51. The molecule has 6 nitrogen and oxygen atoms in total. The molecule has 1 heterocycles. The Morgan fingerprint density at radius 3 is 2.62 bits per heavy atom. The van der Waals surface area contributed by atoms with E-state index >= 15 is 0 Å². The van der Waals surface area contributed by atoms with E-state index in [4.69, 9.17) is 16.0 Å². The van der Waals surface area contributed by atoms with E-state index in [0.29, 0.717) is 36.3 Å². The smallest absolute Gasteiger partial charge is 0.343 e. The third-order valence-electron chi connectivity index (χ3n) is 6.36. The second-order valence-corrected chi connectivity index (χ2v) is 11.1. The van der Waals surface area contributed by atoms with Crippen LogP contribution in [0.15, 0.2) is 33.5 Å². The van der Waals surface area contributed by atoms with Crippen molar-refractivity contribution in [3.8, 4) is 5.75 Å². The first-order chi connectivity index (χ1) is 15.4. The summed E-state index contributed by atoms with van der Waals surface area (Å²) in [5, 5.41) is 11.2. The lowest BCUT2D eigenvalue weighted by atomic mass is 9.85. The van der Waals surface area contributed by atoms with Gasteiger partial charge in [-0.1, -0.05) is 25.0 Å². The lowest BCUT2D eigenvalue weighted by Crippen LogP contribution is -2.20. The molecule has 1 unspecified atom stereocenters. The van der Waals surface area contributed by atoms with Crippen LogP contribution >= 0.6 is 11.6 Å². The number of hydrogen-bond acceptors (Lipinski definition) is 5. The fourth-order valence-corrected chi connectivity index (χ4v) is 6.07. The topological polar surface area (TPSA) is 96.6 Å². The number of sulfonamides is 1. The largest absolute Gasteiger partial charge is 0.507 e. The molecule has 0 aliphatic heterocycles. The summed E-state index contributed by atoms with van der Waals surface area (Å²) in [5.41, 5.74) is 1.85. The zero-order valence-corrected chi connectivity index (χ0v) is 19.7. The summed E-state index contributed by atoms with van der Waals surface area (Å²) < 4.78 is 33.0. The fraction of sp³-hybridized carbons (Fsp3) is 0.542. The predicted molar refractivity (Wildman–Crippen MR) is 126 cm³/mol. The second kappa shape index (κ2) is 9.87. The Kier molecular flexibility index (Phi) is 7.15. The van der Waals surface area contributed by atoms with E-state index in [1.807, 2.05) is 6.07 Å². The highest BCUT2D eigenvalue weighted by atomic mass is 35.5. The first kappa shape index (κ1) is 23.2. The number of aryl methyl sites for hydroxylation is 1. The number of hydrogen-bond donors (Lipinski definition) is 2. The molecular formula is C24H30ClNO5S. The molecule has 0 saturated heterocycles. The average molecular weight is 480 g/mol. The minimum absolute atomic E-state index is 0.0536. The summed E-state index contributed by atoms with van der Waals surface area (Å²) in [5.74, 6) is 0.808. The van der Waals surface area contributed by atoms with Crippen molar-refractivity contribution in [1.29, 1.82) is 0 Å². The molecule has 4 rings (SSSR count). The van der Waals surface area contributed by atoms with Gasteiger partial charge in [0.15, 0.2) is 0 Å². The third kappa shape index (κ3) is 5.31. The number of anilines is 1. The van der Waals surface area contributed by atoms with Gasteiger partial charge in [-0.15, -0.1) is 11.6 Å². The van der Waals surface area contributed by atoms with Crippen LogP contribution in [0, 0.1) is 5.92 Å². The van der Waals surface area contributed by atoms with Crippen LogP contribution in [-0.2, 0) is 22.9 Å². The van der Waals surface area contributed by atoms with E-state index in [1.54, 1.807) is 18.2 Å². The van der Waals surface area contributed by atoms with E-state index in [2.05, 4.69) is 4.72 Å². The molecule has 0 bridgehead atoms. The minimum Gasteiger partial charge on any atom is -0.507 e.